The van der Waals surface area contributed by atoms with Crippen molar-refractivity contribution in [3.05, 3.63) is 81.9 Å². The molecule has 3 aromatic carbocycles. The molecule has 40 heavy (non-hydrogen) atoms. The molecule has 1 amide bonds. The van der Waals surface area contributed by atoms with Gasteiger partial charge in [0.1, 0.15) is 17.6 Å². The summed E-state index contributed by atoms with van der Waals surface area (Å²) in [5.41, 5.74) is -5.01. The number of alkyl halides is 6. The van der Waals surface area contributed by atoms with Gasteiger partial charge in [0, 0.05) is 29.8 Å². The maximum atomic E-state index is 14.6. The first-order chi connectivity index (χ1) is 18.7. The molecule has 1 unspecified atom stereocenters. The van der Waals surface area contributed by atoms with Crippen molar-refractivity contribution in [1.82, 2.24) is 4.90 Å². The summed E-state index contributed by atoms with van der Waals surface area (Å²) in [4.78, 5) is 17.7. The Bertz CT molecular complexity index is 1510. The van der Waals surface area contributed by atoms with E-state index < -0.39 is 52.5 Å². The maximum Gasteiger partial charge on any atom is 0.416 e. The van der Waals surface area contributed by atoms with Crippen molar-refractivity contribution in [1.29, 1.82) is 0 Å². The third-order valence-corrected chi connectivity index (χ3v) is 7.81. The molecule has 0 aromatic heterocycles. The van der Waals surface area contributed by atoms with E-state index in [2.05, 4.69) is 4.99 Å². The molecule has 2 heterocycles. The first-order valence-corrected chi connectivity index (χ1v) is 12.6. The van der Waals surface area contributed by atoms with Crippen LogP contribution in [-0.2, 0) is 26.7 Å². The van der Waals surface area contributed by atoms with E-state index in [9.17, 15) is 36.2 Å². The number of fused-ring (bicyclic) bond motifs is 1. The summed E-state index contributed by atoms with van der Waals surface area (Å²) in [7, 11) is 1.39. The fraction of sp³-hybridized carbons (Fsp3) is 0.357. The number of β-amino-alcohol motifs (C(OH)–C–C–N with tert-alkyl or cyclic N) is 1. The van der Waals surface area contributed by atoms with Crippen molar-refractivity contribution in [2.75, 3.05) is 33.4 Å². The zero-order valence-corrected chi connectivity index (χ0v) is 21.8. The summed E-state index contributed by atoms with van der Waals surface area (Å²) in [5, 5.41) is 11.9. The maximum absolute atomic E-state index is 14.6. The normalized spacial score (nSPS) is 20.9. The fourth-order valence-corrected chi connectivity index (χ4v) is 5.72. The first kappa shape index (κ1) is 28.4. The second-order valence-electron chi connectivity index (χ2n) is 10.2. The van der Waals surface area contributed by atoms with Gasteiger partial charge in [0.25, 0.3) is 0 Å². The molecular formula is C28H23ClF6N2O3. The van der Waals surface area contributed by atoms with Crippen LogP contribution in [0.25, 0.3) is 10.8 Å². The molecule has 212 valence electrons. The van der Waals surface area contributed by atoms with Crippen molar-refractivity contribution >= 4 is 34.0 Å². The predicted molar refractivity (Wildman–Crippen MR) is 137 cm³/mol. The number of rotatable bonds is 5. The van der Waals surface area contributed by atoms with Gasteiger partial charge in [0.2, 0.25) is 5.91 Å². The number of hydrogen-bond donors (Lipinski definition) is 1. The van der Waals surface area contributed by atoms with Gasteiger partial charge in [-0.3, -0.25) is 9.79 Å². The lowest BCUT2D eigenvalue weighted by atomic mass is 9.75. The Labute approximate surface area is 230 Å². The third-order valence-electron chi connectivity index (χ3n) is 7.59. The Kier molecular flexibility index (Phi) is 6.91. The van der Waals surface area contributed by atoms with Crippen LogP contribution < -0.4 is 0 Å². The van der Waals surface area contributed by atoms with E-state index in [1.807, 2.05) is 0 Å². The highest BCUT2D eigenvalue weighted by Gasteiger charge is 2.59. The molecule has 12 heteroatoms. The van der Waals surface area contributed by atoms with Gasteiger partial charge in [0.05, 0.1) is 25.2 Å². The smallest absolute Gasteiger partial charge is 0.381 e. The van der Waals surface area contributed by atoms with Gasteiger partial charge >= 0.3 is 12.4 Å². The average Bonchev–Trinajstić information content (AvgIpc) is 3.32. The van der Waals surface area contributed by atoms with Crippen LogP contribution in [-0.4, -0.2) is 61.2 Å². The predicted octanol–water partition coefficient (Wildman–Crippen LogP) is 5.88. The third kappa shape index (κ3) is 4.73. The second kappa shape index (κ2) is 9.74. The minimum absolute atomic E-state index is 0.0208. The number of benzene rings is 3. The number of carbonyl (C=O) groups is 1. The summed E-state index contributed by atoms with van der Waals surface area (Å²) in [6.45, 7) is -0.895. The van der Waals surface area contributed by atoms with Crippen LogP contribution >= 0.6 is 11.6 Å². The molecule has 0 aliphatic carbocycles. The number of methoxy groups -OCH3 is 1. The topological polar surface area (TPSA) is 62.1 Å². The molecule has 0 bridgehead atoms. The second-order valence-corrected chi connectivity index (χ2v) is 10.6. The first-order valence-electron chi connectivity index (χ1n) is 12.2. The zero-order chi connectivity index (χ0) is 29.1. The number of nitrogens with zero attached hydrogens (tertiary/aromatic N) is 2. The molecular weight excluding hydrogens is 562 g/mol. The molecule has 1 saturated heterocycles. The number of likely N-dealkylation sites (tertiary alicyclic amines) is 1. The molecule has 2 aliphatic rings. The van der Waals surface area contributed by atoms with Crippen LogP contribution in [0.3, 0.4) is 0 Å². The lowest BCUT2D eigenvalue weighted by Crippen LogP contribution is -2.62. The van der Waals surface area contributed by atoms with E-state index in [1.54, 1.807) is 36.4 Å². The lowest BCUT2D eigenvalue weighted by molar-refractivity contribution is -0.184. The molecule has 1 N–H and O–H groups in total. The Morgan fingerprint density at radius 1 is 1.05 bits per heavy atom. The molecule has 3 aromatic rings. The Morgan fingerprint density at radius 2 is 1.73 bits per heavy atom. The molecule has 0 spiro atoms. The Hall–Kier alpha value is -3.15. The van der Waals surface area contributed by atoms with E-state index in [4.69, 9.17) is 16.3 Å². The van der Waals surface area contributed by atoms with Gasteiger partial charge in [-0.15, -0.1) is 0 Å². The SMILES string of the molecule is COCC(=O)N1CC(O)(c2ccc(C3=NCC(c4cc(Cl)cc(C(F)(F)F)c4)(C(F)(F)F)C3)c3ccccc23)C1. The minimum Gasteiger partial charge on any atom is -0.381 e. The number of hydrogen-bond acceptors (Lipinski definition) is 4. The van der Waals surface area contributed by atoms with Crippen molar-refractivity contribution in [2.45, 2.75) is 29.8 Å². The molecule has 0 radical (unpaired) electrons. The van der Waals surface area contributed by atoms with Gasteiger partial charge in [-0.1, -0.05) is 48.0 Å². The van der Waals surface area contributed by atoms with Crippen molar-refractivity contribution in [3.8, 4) is 0 Å². The molecule has 5 nitrogen and oxygen atoms in total. The molecule has 0 saturated carbocycles. The number of carbonyl (C=O) groups excluding carboxylic acids is 1. The van der Waals surface area contributed by atoms with Gasteiger partial charge in [-0.2, -0.15) is 26.3 Å². The summed E-state index contributed by atoms with van der Waals surface area (Å²) < 4.78 is 89.0. The number of halogens is 7. The standard InChI is InChI=1S/C28H23ClF6N2O3/c1-40-12-24(38)37-14-26(39,15-37)22-7-6-21(19-4-2-3-5-20(19)22)23-11-25(13-36-23,28(33,34)35)16-8-17(27(30,31)32)10-18(29)9-16/h2-10,39H,11-15H2,1H3. The molecule has 1 atom stereocenters. The highest BCUT2D eigenvalue weighted by molar-refractivity contribution is 6.30. The summed E-state index contributed by atoms with van der Waals surface area (Å²) in [6, 6.07) is 11.9. The zero-order valence-electron chi connectivity index (χ0n) is 21.0. The van der Waals surface area contributed by atoms with Crippen LogP contribution in [0.5, 0.6) is 0 Å². The van der Waals surface area contributed by atoms with Crippen LogP contribution in [0.15, 0.2) is 59.6 Å². The number of aliphatic imine (C=N–C) groups is 1. The summed E-state index contributed by atoms with van der Waals surface area (Å²) in [5.74, 6) is -0.286. The summed E-state index contributed by atoms with van der Waals surface area (Å²) in [6.07, 6.45) is -10.5. The average molecular weight is 585 g/mol. The highest BCUT2D eigenvalue weighted by Crippen LogP contribution is 2.50. The number of ether oxygens (including phenoxy) is 1. The monoisotopic (exact) mass is 584 g/mol. The summed E-state index contributed by atoms with van der Waals surface area (Å²) >= 11 is 5.84. The number of aliphatic hydroxyl groups is 1. The lowest BCUT2D eigenvalue weighted by Gasteiger charge is -2.47. The van der Waals surface area contributed by atoms with Crippen LogP contribution in [0, 0.1) is 0 Å². The van der Waals surface area contributed by atoms with Gasteiger partial charge in [0.15, 0.2) is 0 Å². The molecule has 2 aliphatic heterocycles. The fourth-order valence-electron chi connectivity index (χ4n) is 5.49. The van der Waals surface area contributed by atoms with Crippen molar-refractivity contribution in [3.63, 3.8) is 0 Å². The van der Waals surface area contributed by atoms with E-state index in [1.165, 1.54) is 12.0 Å². The van der Waals surface area contributed by atoms with Gasteiger partial charge < -0.3 is 14.7 Å². The van der Waals surface area contributed by atoms with E-state index in [0.29, 0.717) is 34.0 Å². The Balaban J connectivity index is 1.53. The van der Waals surface area contributed by atoms with E-state index in [0.717, 1.165) is 6.07 Å². The quantitative estimate of drug-likeness (QED) is 0.381. The van der Waals surface area contributed by atoms with E-state index >= 15 is 0 Å². The van der Waals surface area contributed by atoms with Gasteiger partial charge in [-0.05, 0) is 40.1 Å². The minimum atomic E-state index is -4.93. The Morgan fingerprint density at radius 3 is 2.35 bits per heavy atom. The van der Waals surface area contributed by atoms with E-state index in [-0.39, 0.29) is 31.3 Å². The van der Waals surface area contributed by atoms with Crippen molar-refractivity contribution in [2.24, 2.45) is 4.99 Å². The molecule has 1 fully saturated rings. The van der Waals surface area contributed by atoms with Crippen LogP contribution in [0.1, 0.15) is 28.7 Å². The van der Waals surface area contributed by atoms with Gasteiger partial charge in [-0.25, -0.2) is 0 Å². The van der Waals surface area contributed by atoms with Crippen LogP contribution in [0.4, 0.5) is 26.3 Å². The highest BCUT2D eigenvalue weighted by atomic mass is 35.5. The van der Waals surface area contributed by atoms with Crippen molar-refractivity contribution < 1.29 is 41.0 Å². The van der Waals surface area contributed by atoms with Crippen LogP contribution in [0.2, 0.25) is 5.02 Å². The largest absolute Gasteiger partial charge is 0.416 e. The molecule has 5 rings (SSSR count). The number of amides is 1.